The molecule has 0 saturated carbocycles. The molecule has 0 unspecified atom stereocenters. The Morgan fingerprint density at radius 2 is 1.40 bits per heavy atom. The van der Waals surface area contributed by atoms with Gasteiger partial charge in [0.1, 0.15) is 0 Å². The zero-order valence-corrected chi connectivity index (χ0v) is 9.18. The maximum atomic E-state index is 2.38. The molecule has 0 atom stereocenters. The molecule has 1 aliphatic rings. The SMILES string of the molecule is C[CH2][Pt]([CH3])[CH3].[CH]1C=CC=C1. The number of allylic oxidation sites excluding steroid dienone is 4. The van der Waals surface area contributed by atoms with E-state index in [-0.39, 0.29) is 17.3 Å². The largest absolute Gasteiger partial charge is 0.0767 e. The first-order valence-corrected chi connectivity index (χ1v) is 9.38. The van der Waals surface area contributed by atoms with Crippen LogP contribution in [0.25, 0.3) is 0 Å². The molecule has 0 aromatic rings. The van der Waals surface area contributed by atoms with Crippen molar-refractivity contribution in [3.63, 3.8) is 0 Å². The summed E-state index contributed by atoms with van der Waals surface area (Å²) in [7, 11) is 0. The van der Waals surface area contributed by atoms with Crippen molar-refractivity contribution in [2.24, 2.45) is 0 Å². The van der Waals surface area contributed by atoms with Crippen molar-refractivity contribution in [2.75, 3.05) is 0 Å². The normalized spacial score (nSPS) is 14.5. The summed E-state index contributed by atoms with van der Waals surface area (Å²) in [5, 5.41) is 4.76. The summed E-state index contributed by atoms with van der Waals surface area (Å²) in [6.07, 6.45) is 10.0. The molecule has 1 radical (unpaired) electrons. The van der Waals surface area contributed by atoms with E-state index < -0.39 is 0 Å². The zero-order chi connectivity index (χ0) is 7.82. The number of hydrogen-bond donors (Lipinski definition) is 0. The molecule has 0 aromatic carbocycles. The number of hydrogen-bond acceptors (Lipinski definition) is 0. The van der Waals surface area contributed by atoms with Crippen LogP contribution >= 0.6 is 0 Å². The van der Waals surface area contributed by atoms with E-state index in [9.17, 15) is 0 Å². The molecular formula is C9H16Pt. The zero-order valence-electron chi connectivity index (χ0n) is 6.91. The Bertz CT molecular complexity index is 102. The molecule has 0 amide bonds. The van der Waals surface area contributed by atoms with E-state index in [0.717, 1.165) is 0 Å². The van der Waals surface area contributed by atoms with Gasteiger partial charge in [-0.3, -0.25) is 0 Å². The van der Waals surface area contributed by atoms with Crippen molar-refractivity contribution in [3.05, 3.63) is 30.7 Å². The fourth-order valence-corrected chi connectivity index (χ4v) is 0.321. The standard InChI is InChI=1S/C5H5.C2H5.2CH3.Pt/c1-2-4-5-3-1;1-2;;;/h1-5H;1H2,2H3;2*1H3;. The fourth-order valence-electron chi connectivity index (χ4n) is 0.321. The van der Waals surface area contributed by atoms with E-state index >= 15 is 0 Å². The van der Waals surface area contributed by atoms with Gasteiger partial charge in [0, 0.05) is 6.42 Å². The summed E-state index contributed by atoms with van der Waals surface area (Å²) < 4.78 is 0. The average Bonchev–Trinajstić information content (AvgIpc) is 2.43. The van der Waals surface area contributed by atoms with E-state index in [1.54, 1.807) is 0 Å². The molecule has 1 heteroatoms. The second kappa shape index (κ2) is 7.28. The Morgan fingerprint density at radius 1 is 1.00 bits per heavy atom. The van der Waals surface area contributed by atoms with Crippen molar-refractivity contribution >= 4 is 0 Å². The summed E-state index contributed by atoms with van der Waals surface area (Å²) in [4.78, 5) is 1.46. The third-order valence-corrected chi connectivity index (χ3v) is 4.22. The smallest absolute Gasteiger partial charge is 0.00506 e. The van der Waals surface area contributed by atoms with Crippen LogP contribution in [0, 0.1) is 6.42 Å². The molecule has 0 spiro atoms. The van der Waals surface area contributed by atoms with Gasteiger partial charge in [0.2, 0.25) is 0 Å². The molecule has 0 aromatic heterocycles. The van der Waals surface area contributed by atoms with Crippen LogP contribution in [0.3, 0.4) is 0 Å². The van der Waals surface area contributed by atoms with Crippen LogP contribution < -0.4 is 0 Å². The monoisotopic (exact) mass is 319 g/mol. The Balaban J connectivity index is 0.000000162. The quantitative estimate of drug-likeness (QED) is 0.694. The Hall–Kier alpha value is 0.168. The predicted octanol–water partition coefficient (Wildman–Crippen LogP) is 3.46. The maximum Gasteiger partial charge on any atom is 0.00506 e. The first-order chi connectivity index (χ1) is 4.77. The summed E-state index contributed by atoms with van der Waals surface area (Å²) >= 11 is -0.288. The van der Waals surface area contributed by atoms with Gasteiger partial charge in [0.15, 0.2) is 0 Å². The van der Waals surface area contributed by atoms with Crippen molar-refractivity contribution in [2.45, 2.75) is 22.4 Å². The van der Waals surface area contributed by atoms with Crippen LogP contribution in [0.1, 0.15) is 6.92 Å². The second-order valence-electron chi connectivity index (χ2n) is 1.95. The summed E-state index contributed by atoms with van der Waals surface area (Å²) in [5.74, 6) is 0. The second-order valence-corrected chi connectivity index (χ2v) is 9.04. The summed E-state index contributed by atoms with van der Waals surface area (Å²) in [6.45, 7) is 2.27. The van der Waals surface area contributed by atoms with Crippen molar-refractivity contribution < 1.29 is 17.3 Å². The Labute approximate surface area is 70.6 Å². The van der Waals surface area contributed by atoms with Gasteiger partial charge in [0.25, 0.3) is 0 Å². The van der Waals surface area contributed by atoms with Gasteiger partial charge >= 0.3 is 39.7 Å². The minimum Gasteiger partial charge on any atom is -0.0767 e. The van der Waals surface area contributed by atoms with Gasteiger partial charge in [-0.15, -0.1) is 0 Å². The summed E-state index contributed by atoms with van der Waals surface area (Å²) in [6, 6.07) is 0. The molecule has 0 saturated heterocycles. The Morgan fingerprint density at radius 3 is 1.50 bits per heavy atom. The summed E-state index contributed by atoms with van der Waals surface area (Å²) in [5.41, 5.74) is 0. The van der Waals surface area contributed by atoms with Crippen LogP contribution in [-0.4, -0.2) is 0 Å². The van der Waals surface area contributed by atoms with Crippen LogP contribution in [0.5, 0.6) is 0 Å². The van der Waals surface area contributed by atoms with Gasteiger partial charge in [-0.05, 0) is 0 Å². The molecule has 0 bridgehead atoms. The molecule has 0 N–H and O–H groups in total. The van der Waals surface area contributed by atoms with Crippen LogP contribution in [-0.2, 0) is 17.3 Å². The van der Waals surface area contributed by atoms with Gasteiger partial charge in [-0.1, -0.05) is 24.3 Å². The molecule has 0 heterocycles. The molecule has 0 aliphatic heterocycles. The molecule has 0 nitrogen and oxygen atoms in total. The van der Waals surface area contributed by atoms with E-state index in [0.29, 0.717) is 0 Å². The van der Waals surface area contributed by atoms with E-state index in [1.165, 1.54) is 4.81 Å². The molecule has 62 valence electrons. The van der Waals surface area contributed by atoms with Crippen LogP contribution in [0.2, 0.25) is 15.4 Å². The third-order valence-electron chi connectivity index (χ3n) is 1.00. The van der Waals surface area contributed by atoms with Gasteiger partial charge in [-0.25, -0.2) is 0 Å². The third kappa shape index (κ3) is 8.17. The Kier molecular flexibility index (Phi) is 7.40. The predicted molar refractivity (Wildman–Crippen MR) is 44.8 cm³/mol. The van der Waals surface area contributed by atoms with Crippen LogP contribution in [0.4, 0.5) is 0 Å². The molecular weight excluding hydrogens is 303 g/mol. The van der Waals surface area contributed by atoms with E-state index in [4.69, 9.17) is 0 Å². The van der Waals surface area contributed by atoms with E-state index in [1.807, 2.05) is 30.7 Å². The van der Waals surface area contributed by atoms with Crippen molar-refractivity contribution in [1.29, 1.82) is 0 Å². The maximum absolute atomic E-state index is 2.38. The molecule has 1 aliphatic carbocycles. The van der Waals surface area contributed by atoms with Gasteiger partial charge < -0.3 is 0 Å². The fraction of sp³-hybridized carbons (Fsp3) is 0.444. The first kappa shape index (κ1) is 10.2. The van der Waals surface area contributed by atoms with Crippen molar-refractivity contribution in [3.8, 4) is 0 Å². The molecule has 10 heavy (non-hydrogen) atoms. The van der Waals surface area contributed by atoms with Gasteiger partial charge in [0.05, 0.1) is 0 Å². The topological polar surface area (TPSA) is 0 Å². The van der Waals surface area contributed by atoms with Crippen molar-refractivity contribution in [1.82, 2.24) is 0 Å². The average molecular weight is 319 g/mol. The molecule has 0 fully saturated rings. The van der Waals surface area contributed by atoms with Crippen LogP contribution in [0.15, 0.2) is 24.3 Å². The minimum absolute atomic E-state index is 0.288. The van der Waals surface area contributed by atoms with Gasteiger partial charge in [-0.2, -0.15) is 0 Å². The molecule has 1 rings (SSSR count). The number of rotatable bonds is 1. The first-order valence-electron chi connectivity index (χ1n) is 3.23. The minimum atomic E-state index is -0.288. The van der Waals surface area contributed by atoms with E-state index in [2.05, 4.69) is 17.6 Å².